The molecule has 1 amide bonds. The first-order chi connectivity index (χ1) is 17.6. The van der Waals surface area contributed by atoms with Gasteiger partial charge >= 0.3 is 5.97 Å². The molecule has 0 unspecified atom stereocenters. The second-order valence-electron chi connectivity index (χ2n) is 8.36. The fourth-order valence-electron chi connectivity index (χ4n) is 4.44. The van der Waals surface area contributed by atoms with Crippen molar-refractivity contribution >= 4 is 51.3 Å². The number of anilines is 1. The van der Waals surface area contributed by atoms with Crippen LogP contribution < -0.4 is 5.32 Å². The number of aromatic nitrogens is 3. The molecule has 3 heterocycles. The highest BCUT2D eigenvalue weighted by molar-refractivity contribution is 7.99. The quantitative estimate of drug-likeness (QED) is 0.214. The number of fused-ring (bicyclic) bond motifs is 1. The molecule has 0 atom stereocenters. The van der Waals surface area contributed by atoms with Crippen LogP contribution in [0.2, 0.25) is 0 Å². The first-order valence-corrected chi connectivity index (χ1v) is 14.6. The van der Waals surface area contributed by atoms with Gasteiger partial charge in [0, 0.05) is 33.3 Å². The molecule has 0 bridgehead atoms. The molecular formula is C26H26N4O3S3. The summed E-state index contributed by atoms with van der Waals surface area (Å²) in [5.41, 5.74) is 4.58. The Bertz CT molecular complexity index is 1390. The number of nitrogens with one attached hydrogen (secondary N) is 1. The van der Waals surface area contributed by atoms with Gasteiger partial charge in [-0.2, -0.15) is 0 Å². The van der Waals surface area contributed by atoms with E-state index in [0.29, 0.717) is 15.7 Å². The number of amides is 1. The van der Waals surface area contributed by atoms with Crippen molar-refractivity contribution in [3.63, 3.8) is 0 Å². The highest BCUT2D eigenvalue weighted by Gasteiger charge is 2.24. The summed E-state index contributed by atoms with van der Waals surface area (Å²) in [7, 11) is 1.34. The number of esters is 1. The fourth-order valence-corrected chi connectivity index (χ4v) is 7.34. The largest absolute Gasteiger partial charge is 0.465 e. The molecule has 0 aliphatic heterocycles. The van der Waals surface area contributed by atoms with Crippen LogP contribution >= 0.6 is 34.4 Å². The molecular weight excluding hydrogens is 513 g/mol. The van der Waals surface area contributed by atoms with Crippen LogP contribution in [0.5, 0.6) is 0 Å². The maximum absolute atomic E-state index is 12.9. The van der Waals surface area contributed by atoms with E-state index in [2.05, 4.69) is 32.4 Å². The van der Waals surface area contributed by atoms with E-state index in [1.54, 1.807) is 0 Å². The van der Waals surface area contributed by atoms with Crippen molar-refractivity contribution in [2.75, 3.05) is 18.2 Å². The normalized spacial score (nSPS) is 12.8. The van der Waals surface area contributed by atoms with Gasteiger partial charge in [-0.1, -0.05) is 42.1 Å². The zero-order valence-corrected chi connectivity index (χ0v) is 22.5. The minimum absolute atomic E-state index is 0.152. The number of ether oxygens (including phenoxy) is 1. The van der Waals surface area contributed by atoms with Crippen molar-refractivity contribution in [1.29, 1.82) is 0 Å². The molecule has 36 heavy (non-hydrogen) atoms. The Morgan fingerprint density at radius 3 is 2.64 bits per heavy atom. The summed E-state index contributed by atoms with van der Waals surface area (Å²) in [6.07, 6.45) is 4.69. The van der Waals surface area contributed by atoms with Gasteiger partial charge in [-0.15, -0.1) is 32.9 Å². The topological polar surface area (TPSA) is 86.1 Å². The molecule has 3 aromatic heterocycles. The SMILES string of the molecule is CCn1c(SCC(=O)Nc2scc(-c3ccccc3)c2C(=O)OC)nnc1-c1csc2c1CCCC2. The maximum atomic E-state index is 12.9. The molecule has 1 aromatic carbocycles. The Labute approximate surface area is 221 Å². The molecule has 0 saturated carbocycles. The lowest BCUT2D eigenvalue weighted by Crippen LogP contribution is -2.16. The Kier molecular flexibility index (Phi) is 7.54. The average Bonchev–Trinajstić information content (AvgIpc) is 3.63. The average molecular weight is 539 g/mol. The predicted molar refractivity (Wildman–Crippen MR) is 146 cm³/mol. The summed E-state index contributed by atoms with van der Waals surface area (Å²) < 4.78 is 7.08. The third-order valence-corrected chi connectivity index (χ3v) is 9.14. The lowest BCUT2D eigenvalue weighted by molar-refractivity contribution is -0.113. The van der Waals surface area contributed by atoms with Gasteiger partial charge in [-0.3, -0.25) is 4.79 Å². The third kappa shape index (κ3) is 4.85. The van der Waals surface area contributed by atoms with E-state index in [4.69, 9.17) is 4.74 Å². The number of aryl methyl sites for hydroxylation is 1. The van der Waals surface area contributed by atoms with Gasteiger partial charge in [0.2, 0.25) is 5.91 Å². The van der Waals surface area contributed by atoms with Gasteiger partial charge < -0.3 is 14.6 Å². The van der Waals surface area contributed by atoms with Crippen molar-refractivity contribution in [1.82, 2.24) is 14.8 Å². The van der Waals surface area contributed by atoms with E-state index in [9.17, 15) is 9.59 Å². The number of carbonyl (C=O) groups excluding carboxylic acids is 2. The number of rotatable bonds is 8. The Hall–Kier alpha value is -2.95. The van der Waals surface area contributed by atoms with Gasteiger partial charge in [-0.05, 0) is 43.7 Å². The summed E-state index contributed by atoms with van der Waals surface area (Å²) in [5.74, 6) is 0.330. The standard InChI is InChI=1S/C26H26N4O3S3/c1-3-30-23(19-14-34-20-12-8-7-11-17(19)20)28-29-26(30)36-15-21(31)27-24-22(25(32)33-2)18(13-35-24)16-9-5-4-6-10-16/h4-6,9-10,13-14H,3,7-8,11-12,15H2,1-2H3,(H,27,31). The highest BCUT2D eigenvalue weighted by Crippen LogP contribution is 2.38. The van der Waals surface area contributed by atoms with E-state index < -0.39 is 5.97 Å². The van der Waals surface area contributed by atoms with Crippen LogP contribution in [0.15, 0.2) is 46.2 Å². The number of hydrogen-bond acceptors (Lipinski definition) is 8. The van der Waals surface area contributed by atoms with Gasteiger partial charge in [0.25, 0.3) is 0 Å². The highest BCUT2D eigenvalue weighted by atomic mass is 32.2. The van der Waals surface area contributed by atoms with Crippen molar-refractivity contribution < 1.29 is 14.3 Å². The Morgan fingerprint density at radius 2 is 1.86 bits per heavy atom. The number of methoxy groups -OCH3 is 1. The van der Waals surface area contributed by atoms with Crippen LogP contribution in [-0.2, 0) is 28.9 Å². The van der Waals surface area contributed by atoms with Gasteiger partial charge in [0.05, 0.1) is 12.9 Å². The van der Waals surface area contributed by atoms with Crippen molar-refractivity contribution in [2.24, 2.45) is 0 Å². The molecule has 0 fully saturated rings. The van der Waals surface area contributed by atoms with Crippen molar-refractivity contribution in [2.45, 2.75) is 44.3 Å². The monoisotopic (exact) mass is 538 g/mol. The van der Waals surface area contributed by atoms with Gasteiger partial charge in [0.1, 0.15) is 10.6 Å². The predicted octanol–water partition coefficient (Wildman–Crippen LogP) is 6.15. The molecule has 10 heteroatoms. The second-order valence-corrected chi connectivity index (χ2v) is 11.1. The molecule has 0 radical (unpaired) electrons. The smallest absolute Gasteiger partial charge is 0.341 e. The Morgan fingerprint density at radius 1 is 1.08 bits per heavy atom. The zero-order valence-electron chi connectivity index (χ0n) is 20.1. The van der Waals surface area contributed by atoms with E-state index in [1.807, 2.05) is 47.0 Å². The van der Waals surface area contributed by atoms with Gasteiger partial charge in [-0.25, -0.2) is 4.79 Å². The summed E-state index contributed by atoms with van der Waals surface area (Å²) in [5, 5.41) is 17.1. The van der Waals surface area contributed by atoms with Crippen LogP contribution in [0.4, 0.5) is 5.00 Å². The lowest BCUT2D eigenvalue weighted by Gasteiger charge is -2.13. The van der Waals surface area contributed by atoms with E-state index >= 15 is 0 Å². The minimum Gasteiger partial charge on any atom is -0.465 e. The van der Waals surface area contributed by atoms with Crippen LogP contribution in [0, 0.1) is 0 Å². The zero-order chi connectivity index (χ0) is 25.1. The second kappa shape index (κ2) is 11.0. The molecule has 5 rings (SSSR count). The van der Waals surface area contributed by atoms with Crippen LogP contribution in [0.25, 0.3) is 22.5 Å². The molecule has 186 valence electrons. The Balaban J connectivity index is 1.32. The summed E-state index contributed by atoms with van der Waals surface area (Å²) in [6.45, 7) is 2.78. The number of benzene rings is 1. The van der Waals surface area contributed by atoms with Crippen LogP contribution in [0.1, 0.15) is 40.6 Å². The number of carbonyl (C=O) groups is 2. The number of nitrogens with zero attached hydrogens (tertiary/aromatic N) is 3. The first-order valence-electron chi connectivity index (χ1n) is 11.8. The number of thiophene rings is 2. The third-order valence-electron chi connectivity index (χ3n) is 6.19. The first kappa shape index (κ1) is 24.7. The fraction of sp³-hybridized carbons (Fsp3) is 0.308. The summed E-state index contributed by atoms with van der Waals surface area (Å²) in [6, 6.07) is 9.59. The molecule has 4 aromatic rings. The minimum atomic E-state index is -0.479. The molecule has 0 spiro atoms. The van der Waals surface area contributed by atoms with Crippen LogP contribution in [-0.4, -0.2) is 39.5 Å². The lowest BCUT2D eigenvalue weighted by atomic mass is 9.96. The molecule has 1 aliphatic carbocycles. The number of thioether (sulfide) groups is 1. The number of hydrogen-bond donors (Lipinski definition) is 1. The summed E-state index contributed by atoms with van der Waals surface area (Å²) in [4.78, 5) is 26.9. The maximum Gasteiger partial charge on any atom is 0.341 e. The van der Waals surface area contributed by atoms with Crippen LogP contribution in [0.3, 0.4) is 0 Å². The van der Waals surface area contributed by atoms with Gasteiger partial charge in [0.15, 0.2) is 11.0 Å². The molecule has 1 aliphatic rings. The van der Waals surface area contributed by atoms with Crippen molar-refractivity contribution in [3.8, 4) is 22.5 Å². The van der Waals surface area contributed by atoms with Crippen molar-refractivity contribution in [3.05, 3.63) is 57.1 Å². The molecule has 1 N–H and O–H groups in total. The van der Waals surface area contributed by atoms with E-state index in [-0.39, 0.29) is 11.7 Å². The van der Waals surface area contributed by atoms with E-state index in [1.165, 1.54) is 59.1 Å². The summed E-state index contributed by atoms with van der Waals surface area (Å²) >= 11 is 4.47. The molecule has 0 saturated heterocycles. The molecule has 7 nitrogen and oxygen atoms in total. The van der Waals surface area contributed by atoms with E-state index in [0.717, 1.165) is 36.3 Å².